The lowest BCUT2D eigenvalue weighted by Crippen LogP contribution is -2.41. The van der Waals surface area contributed by atoms with Crippen LogP contribution in [0.4, 0.5) is 0 Å². The van der Waals surface area contributed by atoms with E-state index in [0.29, 0.717) is 24.5 Å². The summed E-state index contributed by atoms with van der Waals surface area (Å²) in [5.74, 6) is -0.931. The second kappa shape index (κ2) is 9.75. The Kier molecular flexibility index (Phi) is 7.95. The van der Waals surface area contributed by atoms with Crippen LogP contribution < -0.4 is 10.1 Å². The highest BCUT2D eigenvalue weighted by Gasteiger charge is 2.20. The molecule has 1 aromatic carbocycles. The predicted octanol–water partition coefficient (Wildman–Crippen LogP) is 0.931. The molecule has 0 aliphatic carbocycles. The third-order valence-electron chi connectivity index (χ3n) is 2.89. The Hall–Kier alpha value is -2.12. The molecule has 1 rings (SSSR count). The molecule has 0 saturated carbocycles. The van der Waals surface area contributed by atoms with Crippen LogP contribution in [0.2, 0.25) is 0 Å². The van der Waals surface area contributed by atoms with Crippen molar-refractivity contribution in [1.29, 1.82) is 0 Å². The molecule has 0 radical (unpaired) electrons. The van der Waals surface area contributed by atoms with Gasteiger partial charge in [-0.3, -0.25) is 4.79 Å². The van der Waals surface area contributed by atoms with E-state index in [-0.39, 0.29) is 13.0 Å². The quantitative estimate of drug-likeness (QED) is 0.624. The minimum absolute atomic E-state index is 0.204. The minimum atomic E-state index is -1.09. The fourth-order valence-corrected chi connectivity index (χ4v) is 1.68. The summed E-state index contributed by atoms with van der Waals surface area (Å²) >= 11 is 0. The normalized spacial score (nSPS) is 11.7. The maximum atomic E-state index is 12.0. The summed E-state index contributed by atoms with van der Waals surface area (Å²) in [5, 5.41) is 11.5. The van der Waals surface area contributed by atoms with Crippen molar-refractivity contribution >= 4 is 11.9 Å². The molecule has 0 saturated heterocycles. The third kappa shape index (κ3) is 6.11. The van der Waals surface area contributed by atoms with Crippen LogP contribution in [0.5, 0.6) is 5.75 Å². The molecule has 0 aliphatic rings. The predicted molar refractivity (Wildman–Crippen MR) is 79.2 cm³/mol. The highest BCUT2D eigenvalue weighted by atomic mass is 16.5. The number of carboxylic acids is 1. The molecule has 7 nitrogen and oxygen atoms in total. The van der Waals surface area contributed by atoms with Crippen molar-refractivity contribution < 1.29 is 28.9 Å². The van der Waals surface area contributed by atoms with Gasteiger partial charge in [0.2, 0.25) is 0 Å². The first-order valence-electron chi connectivity index (χ1n) is 6.83. The van der Waals surface area contributed by atoms with Gasteiger partial charge >= 0.3 is 5.97 Å². The van der Waals surface area contributed by atoms with Crippen molar-refractivity contribution in [2.24, 2.45) is 0 Å². The zero-order valence-electron chi connectivity index (χ0n) is 12.7. The fraction of sp³-hybridized carbons (Fsp3) is 0.467. The van der Waals surface area contributed by atoms with Gasteiger partial charge < -0.3 is 24.6 Å². The second-order valence-corrected chi connectivity index (χ2v) is 4.51. The standard InChI is InChI=1S/C15H21NO6/c1-20-8-7-13(15(18)19)16-14(17)11-3-5-12(6-4-11)22-10-9-21-2/h3-6,13H,7-10H2,1-2H3,(H,16,17)(H,18,19). The second-order valence-electron chi connectivity index (χ2n) is 4.51. The van der Waals surface area contributed by atoms with Crippen LogP contribution in [0.3, 0.4) is 0 Å². The van der Waals surface area contributed by atoms with Crippen LogP contribution in [0.1, 0.15) is 16.8 Å². The van der Waals surface area contributed by atoms with E-state index in [2.05, 4.69) is 5.32 Å². The lowest BCUT2D eigenvalue weighted by atomic mass is 10.1. The molecule has 7 heteroatoms. The van der Waals surface area contributed by atoms with Gasteiger partial charge in [-0.05, 0) is 24.3 Å². The van der Waals surface area contributed by atoms with Gasteiger partial charge in [0, 0.05) is 32.8 Å². The number of benzene rings is 1. The number of carbonyl (C=O) groups is 2. The molecule has 0 spiro atoms. The lowest BCUT2D eigenvalue weighted by Gasteiger charge is -2.14. The average Bonchev–Trinajstić information content (AvgIpc) is 2.51. The first-order valence-corrected chi connectivity index (χ1v) is 6.83. The van der Waals surface area contributed by atoms with E-state index in [1.54, 1.807) is 31.4 Å². The Morgan fingerprint density at radius 2 is 1.73 bits per heavy atom. The molecular formula is C15H21NO6. The zero-order valence-corrected chi connectivity index (χ0v) is 12.7. The topological polar surface area (TPSA) is 94.1 Å². The van der Waals surface area contributed by atoms with E-state index in [1.165, 1.54) is 7.11 Å². The Bertz CT molecular complexity index is 473. The highest BCUT2D eigenvalue weighted by molar-refractivity contribution is 5.96. The first kappa shape index (κ1) is 17.9. The maximum Gasteiger partial charge on any atom is 0.326 e. The van der Waals surface area contributed by atoms with Crippen LogP contribution in [-0.2, 0) is 14.3 Å². The van der Waals surface area contributed by atoms with E-state index < -0.39 is 17.9 Å². The summed E-state index contributed by atoms with van der Waals surface area (Å²) < 4.78 is 15.1. The van der Waals surface area contributed by atoms with Crippen molar-refractivity contribution in [2.75, 3.05) is 34.0 Å². The van der Waals surface area contributed by atoms with E-state index in [0.717, 1.165) is 0 Å². The molecule has 1 atom stereocenters. The maximum absolute atomic E-state index is 12.0. The van der Waals surface area contributed by atoms with Crippen molar-refractivity contribution in [3.63, 3.8) is 0 Å². The molecule has 2 N–H and O–H groups in total. The Balaban J connectivity index is 2.58. The summed E-state index contributed by atoms with van der Waals surface area (Å²) in [4.78, 5) is 23.1. The number of ether oxygens (including phenoxy) is 3. The van der Waals surface area contributed by atoms with Gasteiger partial charge in [-0.25, -0.2) is 4.79 Å². The van der Waals surface area contributed by atoms with Crippen LogP contribution in [-0.4, -0.2) is 57.1 Å². The van der Waals surface area contributed by atoms with E-state index in [4.69, 9.17) is 19.3 Å². The van der Waals surface area contributed by atoms with E-state index >= 15 is 0 Å². The molecule has 22 heavy (non-hydrogen) atoms. The van der Waals surface area contributed by atoms with Crippen molar-refractivity contribution in [3.8, 4) is 5.75 Å². The number of aliphatic carboxylic acids is 1. The minimum Gasteiger partial charge on any atom is -0.491 e. The number of nitrogens with one attached hydrogen (secondary N) is 1. The summed E-state index contributed by atoms with van der Waals surface area (Å²) in [6.07, 6.45) is 0.204. The van der Waals surface area contributed by atoms with Gasteiger partial charge in [0.25, 0.3) is 5.91 Å². The molecule has 0 bridgehead atoms. The third-order valence-corrected chi connectivity index (χ3v) is 2.89. The number of carboxylic acid groups (broad SMARTS) is 1. The van der Waals surface area contributed by atoms with Crippen molar-refractivity contribution in [2.45, 2.75) is 12.5 Å². The molecule has 0 aromatic heterocycles. The summed E-state index contributed by atoms with van der Waals surface area (Å²) in [6, 6.07) is 5.47. The molecule has 0 aliphatic heterocycles. The van der Waals surface area contributed by atoms with Crippen molar-refractivity contribution in [3.05, 3.63) is 29.8 Å². The highest BCUT2D eigenvalue weighted by Crippen LogP contribution is 2.12. The van der Waals surface area contributed by atoms with Gasteiger partial charge in [-0.15, -0.1) is 0 Å². The lowest BCUT2D eigenvalue weighted by molar-refractivity contribution is -0.139. The van der Waals surface area contributed by atoms with Gasteiger partial charge in [0.05, 0.1) is 6.61 Å². The summed E-state index contributed by atoms with van der Waals surface area (Å²) in [5.41, 5.74) is 0.364. The number of methoxy groups -OCH3 is 2. The van der Waals surface area contributed by atoms with Gasteiger partial charge in [0.1, 0.15) is 18.4 Å². The van der Waals surface area contributed by atoms with Crippen LogP contribution in [0.15, 0.2) is 24.3 Å². The summed E-state index contributed by atoms with van der Waals surface area (Å²) in [7, 11) is 3.06. The number of hydrogen-bond acceptors (Lipinski definition) is 5. The number of amides is 1. The summed E-state index contributed by atoms with van der Waals surface area (Å²) in [6.45, 7) is 1.14. The molecule has 0 fully saturated rings. The average molecular weight is 311 g/mol. The molecule has 1 amide bonds. The fourth-order valence-electron chi connectivity index (χ4n) is 1.68. The van der Waals surface area contributed by atoms with Gasteiger partial charge in [-0.2, -0.15) is 0 Å². The molecule has 122 valence electrons. The SMILES string of the molecule is COCCOc1ccc(C(=O)NC(CCOC)C(=O)O)cc1. The number of rotatable bonds is 10. The molecule has 1 unspecified atom stereocenters. The van der Waals surface area contributed by atoms with E-state index in [1.807, 2.05) is 0 Å². The van der Waals surface area contributed by atoms with E-state index in [9.17, 15) is 9.59 Å². The molecule has 1 aromatic rings. The Morgan fingerprint density at radius 1 is 1.09 bits per heavy atom. The van der Waals surface area contributed by atoms with Gasteiger partial charge in [0.15, 0.2) is 0 Å². The number of hydrogen-bond donors (Lipinski definition) is 2. The van der Waals surface area contributed by atoms with Crippen LogP contribution in [0.25, 0.3) is 0 Å². The Labute approximate surface area is 129 Å². The van der Waals surface area contributed by atoms with Crippen LogP contribution in [0, 0.1) is 0 Å². The molecular weight excluding hydrogens is 290 g/mol. The smallest absolute Gasteiger partial charge is 0.326 e. The van der Waals surface area contributed by atoms with Gasteiger partial charge in [-0.1, -0.05) is 0 Å². The van der Waals surface area contributed by atoms with Crippen molar-refractivity contribution in [1.82, 2.24) is 5.32 Å². The monoisotopic (exact) mass is 311 g/mol. The van der Waals surface area contributed by atoms with Crippen LogP contribution >= 0.6 is 0 Å². The molecule has 0 heterocycles. The largest absolute Gasteiger partial charge is 0.491 e. The first-order chi connectivity index (χ1) is 10.6. The number of carbonyl (C=O) groups excluding carboxylic acids is 1. The Morgan fingerprint density at radius 3 is 2.27 bits per heavy atom. The zero-order chi connectivity index (χ0) is 16.4.